The molecule has 1 N–H and O–H groups in total. The highest BCUT2D eigenvalue weighted by molar-refractivity contribution is 5.90. The molecule has 25 heavy (non-hydrogen) atoms. The van der Waals surface area contributed by atoms with Crippen molar-refractivity contribution in [2.75, 3.05) is 43.1 Å². The van der Waals surface area contributed by atoms with Crippen molar-refractivity contribution in [3.63, 3.8) is 0 Å². The molecule has 3 aliphatic rings. The van der Waals surface area contributed by atoms with E-state index in [0.29, 0.717) is 25.7 Å². The van der Waals surface area contributed by atoms with Crippen molar-refractivity contribution >= 4 is 17.4 Å². The number of morpholine rings is 1. The van der Waals surface area contributed by atoms with Crippen LogP contribution in [-0.4, -0.2) is 49.8 Å². The first kappa shape index (κ1) is 16.7. The van der Waals surface area contributed by atoms with E-state index in [1.54, 1.807) is 0 Å². The topological polar surface area (TPSA) is 44.8 Å². The Labute approximate surface area is 150 Å². The van der Waals surface area contributed by atoms with Crippen LogP contribution >= 0.6 is 0 Å². The van der Waals surface area contributed by atoms with Gasteiger partial charge in [0.05, 0.1) is 19.3 Å². The number of rotatable bonds is 3. The molecule has 5 heteroatoms. The normalized spacial score (nSPS) is 24.7. The van der Waals surface area contributed by atoms with E-state index in [9.17, 15) is 4.79 Å². The largest absolute Gasteiger partial charge is 0.377 e. The van der Waals surface area contributed by atoms with Crippen LogP contribution in [0.25, 0.3) is 0 Å². The minimum absolute atomic E-state index is 0.0215. The van der Waals surface area contributed by atoms with Gasteiger partial charge in [0.2, 0.25) is 0 Å². The summed E-state index contributed by atoms with van der Waals surface area (Å²) in [4.78, 5) is 17.2. The lowest BCUT2D eigenvalue weighted by Gasteiger charge is -2.35. The van der Waals surface area contributed by atoms with E-state index in [2.05, 4.69) is 22.3 Å². The van der Waals surface area contributed by atoms with Gasteiger partial charge in [0, 0.05) is 31.0 Å². The standard InChI is InChI=1S/C20H29N3O2/c24-20(23-12-13-25-15-19(23)16-8-9-16)21-17-6-5-7-18(14-17)22-10-3-1-2-4-11-22/h5-7,14,16,19H,1-4,8-13,15H2,(H,21,24). The SMILES string of the molecule is O=C(Nc1cccc(N2CCCCCC2)c1)N1CCOCC1C1CC1. The van der Waals surface area contributed by atoms with Crippen molar-refractivity contribution in [3.8, 4) is 0 Å². The Balaban J connectivity index is 1.42. The van der Waals surface area contributed by atoms with E-state index >= 15 is 0 Å². The molecule has 1 aromatic rings. The van der Waals surface area contributed by atoms with Crippen LogP contribution in [0.1, 0.15) is 38.5 Å². The van der Waals surface area contributed by atoms with Gasteiger partial charge < -0.3 is 19.9 Å². The average molecular weight is 343 g/mol. The quantitative estimate of drug-likeness (QED) is 0.910. The number of nitrogens with one attached hydrogen (secondary N) is 1. The Kier molecular flexibility index (Phi) is 5.11. The molecule has 4 rings (SSSR count). The van der Waals surface area contributed by atoms with Gasteiger partial charge in [0.15, 0.2) is 0 Å². The number of ether oxygens (including phenoxy) is 1. The number of benzene rings is 1. The van der Waals surface area contributed by atoms with E-state index in [4.69, 9.17) is 4.74 Å². The summed E-state index contributed by atoms with van der Waals surface area (Å²) in [6.07, 6.45) is 7.62. The molecule has 2 amide bonds. The van der Waals surface area contributed by atoms with Gasteiger partial charge in [-0.2, -0.15) is 0 Å². The number of nitrogens with zero attached hydrogens (tertiary/aromatic N) is 2. The number of amides is 2. The van der Waals surface area contributed by atoms with Crippen LogP contribution < -0.4 is 10.2 Å². The highest BCUT2D eigenvalue weighted by Crippen LogP contribution is 2.36. The van der Waals surface area contributed by atoms with E-state index < -0.39 is 0 Å². The highest BCUT2D eigenvalue weighted by atomic mass is 16.5. The Hall–Kier alpha value is -1.75. The lowest BCUT2D eigenvalue weighted by Crippen LogP contribution is -2.51. The minimum atomic E-state index is 0.0215. The molecule has 136 valence electrons. The molecule has 2 heterocycles. The maximum Gasteiger partial charge on any atom is 0.322 e. The number of hydrogen-bond donors (Lipinski definition) is 1. The van der Waals surface area contributed by atoms with Crippen LogP contribution in [0.3, 0.4) is 0 Å². The third-order valence-corrected chi connectivity index (χ3v) is 5.66. The van der Waals surface area contributed by atoms with Crippen LogP contribution in [0.15, 0.2) is 24.3 Å². The lowest BCUT2D eigenvalue weighted by molar-refractivity contribution is 0.00773. The van der Waals surface area contributed by atoms with Gasteiger partial charge in [-0.3, -0.25) is 0 Å². The molecule has 2 aliphatic heterocycles. The fourth-order valence-corrected chi connectivity index (χ4v) is 4.05. The summed E-state index contributed by atoms with van der Waals surface area (Å²) in [6, 6.07) is 8.59. The Morgan fingerprint density at radius 2 is 1.88 bits per heavy atom. The van der Waals surface area contributed by atoms with Gasteiger partial charge in [-0.15, -0.1) is 0 Å². The van der Waals surface area contributed by atoms with Gasteiger partial charge in [0.1, 0.15) is 0 Å². The van der Waals surface area contributed by atoms with Crippen LogP contribution in [0.5, 0.6) is 0 Å². The molecule has 0 spiro atoms. The fraction of sp³-hybridized carbons (Fsp3) is 0.650. The summed E-state index contributed by atoms with van der Waals surface area (Å²) in [5, 5.41) is 3.12. The average Bonchev–Trinajstić information content (AvgIpc) is 3.49. The molecule has 1 aliphatic carbocycles. The van der Waals surface area contributed by atoms with Gasteiger partial charge in [-0.25, -0.2) is 4.79 Å². The van der Waals surface area contributed by atoms with Crippen molar-refractivity contribution in [1.82, 2.24) is 4.90 Å². The second-order valence-electron chi connectivity index (χ2n) is 7.55. The zero-order chi connectivity index (χ0) is 17.1. The summed E-state index contributed by atoms with van der Waals surface area (Å²) in [6.45, 7) is 4.25. The van der Waals surface area contributed by atoms with Gasteiger partial charge >= 0.3 is 6.03 Å². The summed E-state index contributed by atoms with van der Waals surface area (Å²) >= 11 is 0. The third-order valence-electron chi connectivity index (χ3n) is 5.66. The van der Waals surface area contributed by atoms with Gasteiger partial charge in [-0.05, 0) is 49.8 Å². The molecule has 0 aromatic heterocycles. The fourth-order valence-electron chi connectivity index (χ4n) is 4.05. The summed E-state index contributed by atoms with van der Waals surface area (Å²) in [5.41, 5.74) is 2.12. The maximum absolute atomic E-state index is 12.8. The molecule has 1 saturated carbocycles. The molecule has 5 nitrogen and oxygen atoms in total. The van der Waals surface area contributed by atoms with Crippen LogP contribution in [0.4, 0.5) is 16.2 Å². The van der Waals surface area contributed by atoms with Crippen LogP contribution in [-0.2, 0) is 4.74 Å². The molecule has 1 unspecified atom stereocenters. The Morgan fingerprint density at radius 3 is 2.64 bits per heavy atom. The van der Waals surface area contributed by atoms with Gasteiger partial charge in [0.25, 0.3) is 0 Å². The molecular formula is C20H29N3O2. The Bertz CT molecular complexity index is 594. The molecular weight excluding hydrogens is 314 g/mol. The molecule has 0 radical (unpaired) electrons. The molecule has 0 bridgehead atoms. The number of hydrogen-bond acceptors (Lipinski definition) is 3. The highest BCUT2D eigenvalue weighted by Gasteiger charge is 2.39. The number of anilines is 2. The monoisotopic (exact) mass is 343 g/mol. The van der Waals surface area contributed by atoms with E-state index in [0.717, 1.165) is 18.8 Å². The maximum atomic E-state index is 12.8. The summed E-state index contributed by atoms with van der Waals surface area (Å²) in [5.74, 6) is 0.634. The number of carbonyl (C=O) groups excluding carboxylic acids is 1. The van der Waals surface area contributed by atoms with Crippen molar-refractivity contribution < 1.29 is 9.53 Å². The number of urea groups is 1. The summed E-state index contributed by atoms with van der Waals surface area (Å²) in [7, 11) is 0. The summed E-state index contributed by atoms with van der Waals surface area (Å²) < 4.78 is 5.60. The minimum Gasteiger partial charge on any atom is -0.377 e. The van der Waals surface area contributed by atoms with Crippen molar-refractivity contribution in [1.29, 1.82) is 0 Å². The van der Waals surface area contributed by atoms with Crippen LogP contribution in [0.2, 0.25) is 0 Å². The second kappa shape index (κ2) is 7.65. The van der Waals surface area contributed by atoms with E-state index in [-0.39, 0.29) is 12.1 Å². The first-order valence-electron chi connectivity index (χ1n) is 9.82. The Morgan fingerprint density at radius 1 is 1.08 bits per heavy atom. The zero-order valence-corrected chi connectivity index (χ0v) is 15.0. The first-order valence-corrected chi connectivity index (χ1v) is 9.82. The lowest BCUT2D eigenvalue weighted by atomic mass is 10.1. The van der Waals surface area contributed by atoms with Crippen molar-refractivity contribution in [3.05, 3.63) is 24.3 Å². The van der Waals surface area contributed by atoms with E-state index in [1.165, 1.54) is 44.2 Å². The second-order valence-corrected chi connectivity index (χ2v) is 7.55. The van der Waals surface area contributed by atoms with Crippen molar-refractivity contribution in [2.24, 2.45) is 5.92 Å². The molecule has 3 fully saturated rings. The number of carbonyl (C=O) groups is 1. The third kappa shape index (κ3) is 4.09. The predicted octanol–water partition coefficient (Wildman–Crippen LogP) is 3.71. The molecule has 1 atom stereocenters. The zero-order valence-electron chi connectivity index (χ0n) is 15.0. The van der Waals surface area contributed by atoms with Crippen LogP contribution in [0, 0.1) is 5.92 Å². The van der Waals surface area contributed by atoms with Gasteiger partial charge in [-0.1, -0.05) is 18.9 Å². The molecule has 2 saturated heterocycles. The molecule has 1 aromatic carbocycles. The van der Waals surface area contributed by atoms with Crippen molar-refractivity contribution in [2.45, 2.75) is 44.6 Å². The smallest absolute Gasteiger partial charge is 0.322 e. The van der Waals surface area contributed by atoms with E-state index in [1.807, 2.05) is 17.0 Å². The first-order chi connectivity index (χ1) is 12.3. The predicted molar refractivity (Wildman–Crippen MR) is 100 cm³/mol.